The van der Waals surface area contributed by atoms with Crippen LogP contribution in [-0.2, 0) is 14.3 Å². The molecule has 3 heterocycles. The number of thiazole rings is 1. The number of fused-ring (bicyclic) bond motifs is 1. The van der Waals surface area contributed by atoms with E-state index < -0.39 is 36.6 Å². The summed E-state index contributed by atoms with van der Waals surface area (Å²) >= 11 is 7.13. The van der Waals surface area contributed by atoms with E-state index in [4.69, 9.17) is 33.2 Å². The number of benzene rings is 1. The number of methoxy groups -OCH3 is 1. The van der Waals surface area contributed by atoms with Gasteiger partial charge in [0.15, 0.2) is 29.4 Å². The Balaban J connectivity index is 1.58. The fourth-order valence-electron chi connectivity index (χ4n) is 3.60. The topological polar surface area (TPSA) is 179 Å². The predicted octanol–water partition coefficient (Wildman–Crippen LogP) is 1.90. The van der Waals surface area contributed by atoms with Gasteiger partial charge < -0.3 is 30.5 Å². The van der Waals surface area contributed by atoms with Gasteiger partial charge in [-0.2, -0.15) is 9.97 Å². The van der Waals surface area contributed by atoms with E-state index >= 15 is 0 Å². The number of nitrogens with zero attached hydrogens (tertiary/aromatic N) is 5. The van der Waals surface area contributed by atoms with Crippen LogP contribution in [0.1, 0.15) is 18.0 Å². The van der Waals surface area contributed by atoms with Gasteiger partial charge in [-0.25, -0.2) is 14.8 Å². The second-order valence-corrected chi connectivity index (χ2v) is 8.96. The van der Waals surface area contributed by atoms with Crippen molar-refractivity contribution in [1.29, 1.82) is 0 Å². The first-order valence-electron chi connectivity index (χ1n) is 10.6. The molecule has 14 heteroatoms. The van der Waals surface area contributed by atoms with Gasteiger partial charge in [-0.3, -0.25) is 4.57 Å². The Hall–Kier alpha value is -3.64. The summed E-state index contributed by atoms with van der Waals surface area (Å²) in [6.45, 7) is -0.520. The van der Waals surface area contributed by atoms with E-state index in [1.54, 1.807) is 5.38 Å². The number of ether oxygens (including phenoxy) is 2. The Morgan fingerprint density at radius 2 is 2.05 bits per heavy atom. The van der Waals surface area contributed by atoms with Gasteiger partial charge >= 0.3 is 5.97 Å². The van der Waals surface area contributed by atoms with Crippen molar-refractivity contribution in [3.05, 3.63) is 53.0 Å². The number of aliphatic hydroxyl groups is 2. The van der Waals surface area contributed by atoms with Gasteiger partial charge in [0.2, 0.25) is 5.28 Å². The van der Waals surface area contributed by atoms with Crippen LogP contribution < -0.4 is 5.73 Å². The summed E-state index contributed by atoms with van der Waals surface area (Å²) in [5.74, 6) is 0.758. The molecule has 0 unspecified atom stereocenters. The van der Waals surface area contributed by atoms with Crippen LogP contribution in [0.2, 0.25) is 5.28 Å². The van der Waals surface area contributed by atoms with E-state index in [-0.39, 0.29) is 28.0 Å². The molecule has 4 rings (SSSR count). The van der Waals surface area contributed by atoms with Gasteiger partial charge in [-0.1, -0.05) is 36.3 Å². The van der Waals surface area contributed by atoms with E-state index in [0.29, 0.717) is 5.01 Å². The molecule has 0 saturated heterocycles. The third-order valence-corrected chi connectivity index (χ3v) is 6.61. The molecule has 4 aromatic rings. The molecule has 37 heavy (non-hydrogen) atoms. The molecule has 1 aromatic carbocycles. The number of anilines is 1. The summed E-state index contributed by atoms with van der Waals surface area (Å²) in [6, 6.07) is 9.24. The van der Waals surface area contributed by atoms with Crippen LogP contribution in [0.25, 0.3) is 21.7 Å². The van der Waals surface area contributed by atoms with Crippen molar-refractivity contribution in [2.24, 2.45) is 0 Å². The van der Waals surface area contributed by atoms with Crippen LogP contribution in [0.3, 0.4) is 0 Å². The molecule has 5 N–H and O–H groups in total. The minimum atomic E-state index is -2.42. The SMILES string of the molecule is C#C[C@@](O)([C@@H](CO[C@@H](C(=O)O)c1csc(-c2ccccc2)n1)OC)[C@@H](O)n1cnc2c(N)nc(Cl)nc21. The largest absolute Gasteiger partial charge is 0.479 e. The van der Waals surface area contributed by atoms with Crippen molar-refractivity contribution < 1.29 is 29.6 Å². The van der Waals surface area contributed by atoms with Gasteiger partial charge in [-0.05, 0) is 11.6 Å². The van der Waals surface area contributed by atoms with Crippen molar-refractivity contribution in [1.82, 2.24) is 24.5 Å². The number of terminal acetylenes is 1. The van der Waals surface area contributed by atoms with Crippen LogP contribution in [0, 0.1) is 12.3 Å². The summed E-state index contributed by atoms with van der Waals surface area (Å²) in [4.78, 5) is 28.2. The molecule has 0 saturated carbocycles. The third-order valence-electron chi connectivity index (χ3n) is 5.53. The highest BCUT2D eigenvalue weighted by atomic mass is 35.5. The number of aromatic nitrogens is 5. The smallest absolute Gasteiger partial charge is 0.339 e. The molecule has 0 aliphatic rings. The molecule has 192 valence electrons. The maximum absolute atomic E-state index is 12.0. The molecule has 12 nitrogen and oxygen atoms in total. The number of carboxylic acids is 1. The lowest BCUT2D eigenvalue weighted by atomic mass is 9.95. The lowest BCUT2D eigenvalue weighted by Gasteiger charge is -2.35. The van der Waals surface area contributed by atoms with E-state index in [9.17, 15) is 20.1 Å². The van der Waals surface area contributed by atoms with Gasteiger partial charge in [0, 0.05) is 18.1 Å². The normalized spacial score (nSPS) is 15.5. The van der Waals surface area contributed by atoms with E-state index in [0.717, 1.165) is 16.5 Å². The first kappa shape index (κ1) is 26.4. The molecule has 0 aliphatic heterocycles. The number of nitrogens with two attached hydrogens (primary N) is 1. The summed E-state index contributed by atoms with van der Waals surface area (Å²) in [6.07, 6.45) is 1.99. The maximum Gasteiger partial charge on any atom is 0.339 e. The number of nitrogen functional groups attached to an aromatic ring is 1. The first-order valence-corrected chi connectivity index (χ1v) is 11.9. The Morgan fingerprint density at radius 1 is 1.32 bits per heavy atom. The van der Waals surface area contributed by atoms with Crippen LogP contribution >= 0.6 is 22.9 Å². The molecule has 4 atom stereocenters. The van der Waals surface area contributed by atoms with E-state index in [2.05, 4.69) is 25.9 Å². The van der Waals surface area contributed by atoms with Crippen LogP contribution in [-0.4, -0.2) is 71.2 Å². The van der Waals surface area contributed by atoms with Crippen LogP contribution in [0.15, 0.2) is 42.0 Å². The summed E-state index contributed by atoms with van der Waals surface area (Å²) in [7, 11) is 1.22. The lowest BCUT2D eigenvalue weighted by molar-refractivity contribution is -0.178. The Bertz CT molecular complexity index is 1460. The zero-order valence-corrected chi connectivity index (χ0v) is 20.8. The standard InChI is InChI=1S/C23H21ClN6O6S/c1-3-23(34,21(33)30-11-26-15-17(25)28-22(24)29-18(15)30)14(35-2)9-36-16(20(31)32)13-10-37-19(27-13)12-7-5-4-6-8-12/h1,4-8,10-11,14,16,21,33-34H,9H2,2H3,(H,31,32)(H2,25,28,29)/t14-,16-,21-,23-/m1/s1. The zero-order chi connectivity index (χ0) is 26.7. The number of rotatable bonds is 10. The average Bonchev–Trinajstić information content (AvgIpc) is 3.54. The highest BCUT2D eigenvalue weighted by molar-refractivity contribution is 7.13. The van der Waals surface area contributed by atoms with Gasteiger partial charge in [0.1, 0.15) is 16.6 Å². The molecule has 0 bridgehead atoms. The van der Waals surface area contributed by atoms with Gasteiger partial charge in [-0.15, -0.1) is 17.8 Å². The first-order chi connectivity index (χ1) is 17.7. The molecule has 0 fully saturated rings. The van der Waals surface area contributed by atoms with Crippen molar-refractivity contribution in [3.8, 4) is 22.9 Å². The number of hydrogen-bond donors (Lipinski definition) is 4. The average molecular weight is 545 g/mol. The summed E-state index contributed by atoms with van der Waals surface area (Å²) in [5, 5.41) is 34.1. The van der Waals surface area contributed by atoms with Crippen molar-refractivity contribution in [2.75, 3.05) is 19.5 Å². The Kier molecular flexibility index (Phi) is 7.69. The minimum absolute atomic E-state index is 0.00812. The Morgan fingerprint density at radius 3 is 2.70 bits per heavy atom. The number of aliphatic carboxylic acids is 1. The molecule has 0 amide bonds. The second kappa shape index (κ2) is 10.8. The number of halogens is 1. The second-order valence-electron chi connectivity index (χ2n) is 7.76. The maximum atomic E-state index is 12.0. The number of hydrogen-bond acceptors (Lipinski definition) is 11. The van der Waals surface area contributed by atoms with Crippen molar-refractivity contribution >= 4 is 45.9 Å². The molecular weight excluding hydrogens is 524 g/mol. The van der Waals surface area contributed by atoms with E-state index in [1.165, 1.54) is 18.4 Å². The number of carbonyl (C=O) groups is 1. The number of carboxylic acid groups (broad SMARTS) is 1. The highest BCUT2D eigenvalue weighted by Crippen LogP contribution is 2.32. The number of aliphatic hydroxyl groups excluding tert-OH is 1. The highest BCUT2D eigenvalue weighted by Gasteiger charge is 2.45. The zero-order valence-electron chi connectivity index (χ0n) is 19.2. The fourth-order valence-corrected chi connectivity index (χ4v) is 4.61. The molecular formula is C23H21ClN6O6S. The van der Waals surface area contributed by atoms with Crippen LogP contribution in [0.5, 0.6) is 0 Å². The quantitative estimate of drug-likeness (QED) is 0.169. The lowest BCUT2D eigenvalue weighted by Crippen LogP contribution is -2.51. The fraction of sp³-hybridized carbons (Fsp3) is 0.261. The monoisotopic (exact) mass is 544 g/mol. The molecule has 3 aromatic heterocycles. The van der Waals surface area contributed by atoms with E-state index in [1.807, 2.05) is 30.3 Å². The minimum Gasteiger partial charge on any atom is -0.479 e. The van der Waals surface area contributed by atoms with Crippen LogP contribution in [0.4, 0.5) is 5.82 Å². The summed E-state index contributed by atoms with van der Waals surface area (Å²) in [5.41, 5.74) is 4.48. The molecule has 0 aliphatic carbocycles. The predicted molar refractivity (Wildman–Crippen MR) is 134 cm³/mol. The number of imidazole rings is 1. The van der Waals surface area contributed by atoms with Gasteiger partial charge in [0.05, 0.1) is 18.6 Å². The van der Waals surface area contributed by atoms with Crippen molar-refractivity contribution in [2.45, 2.75) is 24.0 Å². The Labute approximate surface area is 219 Å². The van der Waals surface area contributed by atoms with Gasteiger partial charge in [0.25, 0.3) is 0 Å². The third kappa shape index (κ3) is 5.12. The van der Waals surface area contributed by atoms with Crippen molar-refractivity contribution in [3.63, 3.8) is 0 Å². The molecule has 0 spiro atoms. The molecule has 0 radical (unpaired) electrons. The summed E-state index contributed by atoms with van der Waals surface area (Å²) < 4.78 is 12.0.